The van der Waals surface area contributed by atoms with Gasteiger partial charge in [-0.2, -0.15) is 0 Å². The molecule has 1 aromatic carbocycles. The molecule has 1 unspecified atom stereocenters. The second-order valence-corrected chi connectivity index (χ2v) is 7.53. The first kappa shape index (κ1) is 16.4. The van der Waals surface area contributed by atoms with Gasteiger partial charge >= 0.3 is 0 Å². The molecule has 134 valence electrons. The first-order chi connectivity index (χ1) is 12.4. The highest BCUT2D eigenvalue weighted by Crippen LogP contribution is 2.32. The number of aromatic nitrogens is 3. The van der Waals surface area contributed by atoms with Gasteiger partial charge in [0.05, 0.1) is 11.2 Å². The summed E-state index contributed by atoms with van der Waals surface area (Å²) in [6, 6.07) is 7.58. The average Bonchev–Trinajstić information content (AvgIpc) is 2.98. The molecule has 0 radical (unpaired) electrons. The molecule has 3 aromatic rings. The summed E-state index contributed by atoms with van der Waals surface area (Å²) in [6.45, 7) is 8.42. The Labute approximate surface area is 152 Å². The lowest BCUT2D eigenvalue weighted by molar-refractivity contribution is 0.324. The minimum absolute atomic E-state index is 0.00101. The zero-order valence-corrected chi connectivity index (χ0v) is 15.0. The molecule has 1 fully saturated rings. The Morgan fingerprint density at radius 1 is 1.31 bits per heavy atom. The van der Waals surface area contributed by atoms with Crippen molar-refractivity contribution in [3.63, 3.8) is 0 Å². The van der Waals surface area contributed by atoms with E-state index in [9.17, 15) is 5.11 Å². The predicted octanol–water partition coefficient (Wildman–Crippen LogP) is 3.79. The van der Waals surface area contributed by atoms with Crippen LogP contribution in [0.5, 0.6) is 5.75 Å². The third-order valence-corrected chi connectivity index (χ3v) is 4.72. The quantitative estimate of drug-likeness (QED) is 0.578. The van der Waals surface area contributed by atoms with Crippen LogP contribution in [0.15, 0.2) is 48.9 Å². The zero-order valence-electron chi connectivity index (χ0n) is 15.0. The molecule has 4 N–H and O–H groups in total. The molecule has 0 spiro atoms. The Kier molecular flexibility index (Phi) is 3.83. The van der Waals surface area contributed by atoms with Gasteiger partial charge in [0.25, 0.3) is 0 Å². The Balaban J connectivity index is 1.63. The van der Waals surface area contributed by atoms with Crippen LogP contribution in [-0.2, 0) is 0 Å². The smallest absolute Gasteiger partial charge is 0.223 e. The fourth-order valence-electron chi connectivity index (χ4n) is 3.78. The molecular formula is C20H23N5O. The van der Waals surface area contributed by atoms with E-state index in [1.165, 1.54) is 0 Å². The molecule has 1 saturated heterocycles. The fourth-order valence-corrected chi connectivity index (χ4v) is 3.78. The lowest BCUT2D eigenvalue weighted by Gasteiger charge is -2.38. The molecule has 0 aliphatic carbocycles. The number of nitrogens with one attached hydrogen (secondary N) is 3. The van der Waals surface area contributed by atoms with Gasteiger partial charge in [0.1, 0.15) is 5.75 Å². The van der Waals surface area contributed by atoms with E-state index in [2.05, 4.69) is 46.0 Å². The zero-order chi connectivity index (χ0) is 18.3. The number of hydrogen-bond acceptors (Lipinski definition) is 5. The monoisotopic (exact) mass is 349 g/mol. The summed E-state index contributed by atoms with van der Waals surface area (Å²) in [5, 5.41) is 17.8. The molecule has 0 saturated carbocycles. The minimum atomic E-state index is -0.00101. The molecule has 4 rings (SSSR count). The second-order valence-electron chi connectivity index (χ2n) is 7.53. The predicted molar refractivity (Wildman–Crippen MR) is 104 cm³/mol. The number of fused-ring (bicyclic) bond motifs is 1. The van der Waals surface area contributed by atoms with Gasteiger partial charge in [-0.25, -0.2) is 9.97 Å². The third kappa shape index (κ3) is 3.10. The molecule has 3 heterocycles. The van der Waals surface area contributed by atoms with E-state index < -0.39 is 0 Å². The van der Waals surface area contributed by atoms with E-state index in [1.54, 1.807) is 12.3 Å². The Morgan fingerprint density at radius 2 is 2.15 bits per heavy atom. The van der Waals surface area contributed by atoms with Crippen molar-refractivity contribution in [3.8, 4) is 17.0 Å². The Hall–Kier alpha value is -3.02. The number of hydrogen-bond donors (Lipinski definition) is 4. The number of piperidine rings is 1. The van der Waals surface area contributed by atoms with Crippen molar-refractivity contribution < 1.29 is 5.11 Å². The number of benzene rings is 1. The number of para-hydroxylation sites is 1. The maximum Gasteiger partial charge on any atom is 0.223 e. The summed E-state index contributed by atoms with van der Waals surface area (Å²) in [5.41, 5.74) is 3.50. The standard InChI is InChI=1S/C20H23N5O/c1-12-9-13(10-20(2,3)25-12)23-19-21-8-7-16(24-19)15-11-22-18-14(15)5-4-6-17(18)26/h4-8,11,13,22,25-26H,1,9-10H2,2-3H3,(H,21,23,24). The molecule has 1 aliphatic heterocycles. The summed E-state index contributed by atoms with van der Waals surface area (Å²) in [5.74, 6) is 0.837. The summed E-state index contributed by atoms with van der Waals surface area (Å²) >= 11 is 0. The van der Waals surface area contributed by atoms with Crippen LogP contribution in [0, 0.1) is 0 Å². The molecular weight excluding hydrogens is 326 g/mol. The van der Waals surface area contributed by atoms with Crippen LogP contribution in [0.25, 0.3) is 22.2 Å². The van der Waals surface area contributed by atoms with Gasteiger partial charge in [0, 0.05) is 47.0 Å². The van der Waals surface area contributed by atoms with Crippen molar-refractivity contribution in [1.29, 1.82) is 0 Å². The summed E-state index contributed by atoms with van der Waals surface area (Å²) < 4.78 is 0. The third-order valence-electron chi connectivity index (χ3n) is 4.72. The number of phenolic OH excluding ortho intramolecular Hbond substituents is 1. The van der Waals surface area contributed by atoms with E-state index >= 15 is 0 Å². The van der Waals surface area contributed by atoms with E-state index in [-0.39, 0.29) is 17.3 Å². The molecule has 6 nitrogen and oxygen atoms in total. The van der Waals surface area contributed by atoms with Crippen LogP contribution in [-0.4, -0.2) is 31.6 Å². The molecule has 0 amide bonds. The number of nitrogens with zero attached hydrogens (tertiary/aromatic N) is 2. The highest BCUT2D eigenvalue weighted by atomic mass is 16.3. The second kappa shape index (κ2) is 6.05. The van der Waals surface area contributed by atoms with Gasteiger partial charge in [0.2, 0.25) is 5.95 Å². The molecule has 6 heteroatoms. The lowest BCUT2D eigenvalue weighted by Crippen LogP contribution is -2.48. The minimum Gasteiger partial charge on any atom is -0.506 e. The fraction of sp³-hybridized carbons (Fsp3) is 0.300. The highest BCUT2D eigenvalue weighted by molar-refractivity contribution is 5.97. The summed E-state index contributed by atoms with van der Waals surface area (Å²) in [4.78, 5) is 12.2. The maximum absolute atomic E-state index is 9.99. The van der Waals surface area contributed by atoms with Crippen molar-refractivity contribution in [3.05, 3.63) is 48.9 Å². The lowest BCUT2D eigenvalue weighted by atomic mass is 9.88. The number of rotatable bonds is 3. The van der Waals surface area contributed by atoms with Gasteiger partial charge < -0.3 is 20.7 Å². The molecule has 26 heavy (non-hydrogen) atoms. The first-order valence-electron chi connectivity index (χ1n) is 8.76. The van der Waals surface area contributed by atoms with Crippen molar-refractivity contribution in [1.82, 2.24) is 20.3 Å². The van der Waals surface area contributed by atoms with Crippen molar-refractivity contribution >= 4 is 16.9 Å². The summed E-state index contributed by atoms with van der Waals surface area (Å²) in [6.07, 6.45) is 5.43. The molecule has 0 bridgehead atoms. The number of H-pyrrole nitrogens is 1. The van der Waals surface area contributed by atoms with Crippen LogP contribution >= 0.6 is 0 Å². The first-order valence-corrected chi connectivity index (χ1v) is 8.76. The number of phenols is 1. The van der Waals surface area contributed by atoms with Crippen LogP contribution in [0.3, 0.4) is 0 Å². The molecule has 1 aliphatic rings. The van der Waals surface area contributed by atoms with Gasteiger partial charge in [-0.1, -0.05) is 18.7 Å². The van der Waals surface area contributed by atoms with E-state index in [4.69, 9.17) is 0 Å². The van der Waals surface area contributed by atoms with Crippen molar-refractivity contribution in [2.45, 2.75) is 38.3 Å². The topological polar surface area (TPSA) is 85.9 Å². The van der Waals surface area contributed by atoms with Crippen LogP contribution < -0.4 is 10.6 Å². The van der Waals surface area contributed by atoms with E-state index in [1.807, 2.05) is 24.4 Å². The number of anilines is 1. The maximum atomic E-state index is 9.99. The van der Waals surface area contributed by atoms with Crippen LogP contribution in [0.2, 0.25) is 0 Å². The molecule has 2 aromatic heterocycles. The largest absolute Gasteiger partial charge is 0.506 e. The number of aromatic amines is 1. The van der Waals surface area contributed by atoms with Crippen LogP contribution in [0.4, 0.5) is 5.95 Å². The van der Waals surface area contributed by atoms with Gasteiger partial charge in [-0.15, -0.1) is 0 Å². The van der Waals surface area contributed by atoms with E-state index in [0.717, 1.165) is 35.2 Å². The number of aromatic hydroxyl groups is 1. The van der Waals surface area contributed by atoms with Gasteiger partial charge in [-0.05, 0) is 32.4 Å². The van der Waals surface area contributed by atoms with E-state index in [0.29, 0.717) is 11.5 Å². The highest BCUT2D eigenvalue weighted by Gasteiger charge is 2.29. The Bertz CT molecular complexity index is 975. The Morgan fingerprint density at radius 3 is 2.96 bits per heavy atom. The van der Waals surface area contributed by atoms with Gasteiger partial charge in [-0.3, -0.25) is 0 Å². The van der Waals surface area contributed by atoms with Gasteiger partial charge in [0.15, 0.2) is 0 Å². The molecule has 1 atom stereocenters. The summed E-state index contributed by atoms with van der Waals surface area (Å²) in [7, 11) is 0. The average molecular weight is 349 g/mol. The van der Waals surface area contributed by atoms with Crippen molar-refractivity contribution in [2.75, 3.05) is 5.32 Å². The van der Waals surface area contributed by atoms with Crippen molar-refractivity contribution in [2.24, 2.45) is 0 Å². The van der Waals surface area contributed by atoms with Crippen LogP contribution in [0.1, 0.15) is 26.7 Å². The normalized spacial score (nSPS) is 19.3. The SMILES string of the molecule is C=C1CC(Nc2nccc(-c3c[nH]c4c(O)cccc34)n2)CC(C)(C)N1.